The number of hydrogen-bond acceptors (Lipinski definition) is 3. The molecule has 1 amide bonds. The van der Waals surface area contributed by atoms with Gasteiger partial charge in [-0.3, -0.25) is 4.79 Å². The SMILES string of the molecule is CCN(Cc1ccccc1)C(=O)CCNc1cc(C)ccc1OC. The maximum absolute atomic E-state index is 12.4. The van der Waals surface area contributed by atoms with Crippen molar-refractivity contribution < 1.29 is 9.53 Å². The molecule has 4 nitrogen and oxygen atoms in total. The van der Waals surface area contributed by atoms with Crippen LogP contribution < -0.4 is 10.1 Å². The maximum Gasteiger partial charge on any atom is 0.224 e. The van der Waals surface area contributed by atoms with Crippen molar-refractivity contribution in [1.82, 2.24) is 4.90 Å². The molecule has 0 saturated heterocycles. The highest BCUT2D eigenvalue weighted by atomic mass is 16.5. The first kappa shape index (κ1) is 17.9. The van der Waals surface area contributed by atoms with E-state index in [2.05, 4.69) is 5.32 Å². The zero-order valence-electron chi connectivity index (χ0n) is 14.7. The molecule has 0 heterocycles. The molecule has 2 aromatic carbocycles. The predicted octanol–water partition coefficient (Wildman–Crippen LogP) is 3.85. The van der Waals surface area contributed by atoms with Crippen molar-refractivity contribution in [2.75, 3.05) is 25.5 Å². The molecule has 2 aromatic rings. The molecule has 0 atom stereocenters. The van der Waals surface area contributed by atoms with E-state index < -0.39 is 0 Å². The van der Waals surface area contributed by atoms with Gasteiger partial charge in [0.2, 0.25) is 5.91 Å². The van der Waals surface area contributed by atoms with Crippen LogP contribution in [0.5, 0.6) is 5.75 Å². The molecule has 0 saturated carbocycles. The summed E-state index contributed by atoms with van der Waals surface area (Å²) in [6.07, 6.45) is 0.456. The molecule has 0 aliphatic rings. The molecule has 1 N–H and O–H groups in total. The molecule has 2 rings (SSSR count). The number of aryl methyl sites for hydroxylation is 1. The Morgan fingerprint density at radius 1 is 1.17 bits per heavy atom. The Balaban J connectivity index is 1.89. The normalized spacial score (nSPS) is 10.3. The van der Waals surface area contributed by atoms with Gasteiger partial charge in [-0.1, -0.05) is 36.4 Å². The van der Waals surface area contributed by atoms with Gasteiger partial charge in [0.05, 0.1) is 12.8 Å². The van der Waals surface area contributed by atoms with Crippen molar-refractivity contribution in [3.8, 4) is 5.75 Å². The van der Waals surface area contributed by atoms with E-state index >= 15 is 0 Å². The third-order valence-corrected chi connectivity index (χ3v) is 3.96. The van der Waals surface area contributed by atoms with Crippen LogP contribution in [0.1, 0.15) is 24.5 Å². The summed E-state index contributed by atoms with van der Waals surface area (Å²) in [5.41, 5.74) is 3.24. The molecule has 0 fully saturated rings. The summed E-state index contributed by atoms with van der Waals surface area (Å²) in [5, 5.41) is 3.31. The van der Waals surface area contributed by atoms with Crippen molar-refractivity contribution in [3.63, 3.8) is 0 Å². The Morgan fingerprint density at radius 2 is 1.92 bits per heavy atom. The molecule has 0 radical (unpaired) electrons. The molecule has 0 unspecified atom stereocenters. The van der Waals surface area contributed by atoms with Gasteiger partial charge in [-0.25, -0.2) is 0 Å². The van der Waals surface area contributed by atoms with Gasteiger partial charge < -0.3 is 15.0 Å². The summed E-state index contributed by atoms with van der Waals surface area (Å²) < 4.78 is 5.35. The van der Waals surface area contributed by atoms with Crippen LogP contribution in [-0.4, -0.2) is 31.0 Å². The fraction of sp³-hybridized carbons (Fsp3) is 0.350. The molecule has 24 heavy (non-hydrogen) atoms. The van der Waals surface area contributed by atoms with Crippen LogP contribution in [0.2, 0.25) is 0 Å². The van der Waals surface area contributed by atoms with Gasteiger partial charge >= 0.3 is 0 Å². The van der Waals surface area contributed by atoms with E-state index in [1.54, 1.807) is 7.11 Å². The van der Waals surface area contributed by atoms with Gasteiger partial charge in [-0.15, -0.1) is 0 Å². The topological polar surface area (TPSA) is 41.6 Å². The van der Waals surface area contributed by atoms with E-state index in [1.165, 1.54) is 0 Å². The largest absolute Gasteiger partial charge is 0.495 e. The zero-order chi connectivity index (χ0) is 17.4. The van der Waals surface area contributed by atoms with E-state index in [-0.39, 0.29) is 5.91 Å². The number of rotatable bonds is 8. The molecule has 0 bridgehead atoms. The van der Waals surface area contributed by atoms with E-state index in [9.17, 15) is 4.79 Å². The summed E-state index contributed by atoms with van der Waals surface area (Å²) in [6.45, 7) is 6.00. The molecule has 0 aliphatic heterocycles. The van der Waals surface area contributed by atoms with Gasteiger partial charge in [0.15, 0.2) is 0 Å². The van der Waals surface area contributed by atoms with E-state index in [0.29, 0.717) is 26.1 Å². The smallest absolute Gasteiger partial charge is 0.224 e. The van der Waals surface area contributed by atoms with Crippen LogP contribution in [0.15, 0.2) is 48.5 Å². The zero-order valence-corrected chi connectivity index (χ0v) is 14.7. The lowest BCUT2D eigenvalue weighted by molar-refractivity contribution is -0.131. The Morgan fingerprint density at radius 3 is 2.58 bits per heavy atom. The number of anilines is 1. The Bertz CT molecular complexity index is 656. The first-order chi connectivity index (χ1) is 11.6. The van der Waals surface area contributed by atoms with Crippen LogP contribution in [0.3, 0.4) is 0 Å². The lowest BCUT2D eigenvalue weighted by Crippen LogP contribution is -2.31. The van der Waals surface area contributed by atoms with E-state index in [0.717, 1.165) is 22.6 Å². The van der Waals surface area contributed by atoms with Gasteiger partial charge in [-0.05, 0) is 37.1 Å². The number of amides is 1. The third kappa shape index (κ3) is 5.01. The summed E-state index contributed by atoms with van der Waals surface area (Å²) in [7, 11) is 1.65. The minimum atomic E-state index is 0.153. The Hall–Kier alpha value is -2.49. The number of nitrogens with zero attached hydrogens (tertiary/aromatic N) is 1. The third-order valence-electron chi connectivity index (χ3n) is 3.96. The van der Waals surface area contributed by atoms with Crippen molar-refractivity contribution in [3.05, 3.63) is 59.7 Å². The number of ether oxygens (including phenoxy) is 1. The lowest BCUT2D eigenvalue weighted by atomic mass is 10.2. The second-order valence-electron chi connectivity index (χ2n) is 5.77. The first-order valence-electron chi connectivity index (χ1n) is 8.34. The fourth-order valence-corrected chi connectivity index (χ4v) is 2.60. The van der Waals surface area contributed by atoms with Crippen LogP contribution in [0, 0.1) is 6.92 Å². The van der Waals surface area contributed by atoms with Gasteiger partial charge in [0.25, 0.3) is 0 Å². The molecular weight excluding hydrogens is 300 g/mol. The quantitative estimate of drug-likeness (QED) is 0.801. The minimum Gasteiger partial charge on any atom is -0.495 e. The Labute approximate surface area is 144 Å². The number of nitrogens with one attached hydrogen (secondary N) is 1. The van der Waals surface area contributed by atoms with Crippen LogP contribution in [-0.2, 0) is 11.3 Å². The van der Waals surface area contributed by atoms with Gasteiger partial charge in [0.1, 0.15) is 5.75 Å². The number of carbonyl (C=O) groups excluding carboxylic acids is 1. The van der Waals surface area contributed by atoms with Crippen molar-refractivity contribution >= 4 is 11.6 Å². The average Bonchev–Trinajstić information content (AvgIpc) is 2.60. The second-order valence-corrected chi connectivity index (χ2v) is 5.77. The number of hydrogen-bond donors (Lipinski definition) is 1. The predicted molar refractivity (Wildman–Crippen MR) is 98.4 cm³/mol. The minimum absolute atomic E-state index is 0.153. The molecular formula is C20H26N2O2. The number of carbonyl (C=O) groups is 1. The van der Waals surface area contributed by atoms with E-state index in [1.807, 2.05) is 67.3 Å². The average molecular weight is 326 g/mol. The molecule has 0 aliphatic carbocycles. The molecule has 128 valence electrons. The molecule has 0 aromatic heterocycles. The lowest BCUT2D eigenvalue weighted by Gasteiger charge is -2.21. The van der Waals surface area contributed by atoms with Crippen LogP contribution in [0.25, 0.3) is 0 Å². The number of methoxy groups -OCH3 is 1. The highest BCUT2D eigenvalue weighted by Gasteiger charge is 2.12. The molecule has 4 heteroatoms. The Kier molecular flexibility index (Phi) is 6.67. The fourth-order valence-electron chi connectivity index (χ4n) is 2.60. The van der Waals surface area contributed by atoms with Gasteiger partial charge in [0, 0.05) is 26.1 Å². The highest BCUT2D eigenvalue weighted by Crippen LogP contribution is 2.25. The van der Waals surface area contributed by atoms with Crippen molar-refractivity contribution in [2.45, 2.75) is 26.8 Å². The standard InChI is InChI=1S/C20H26N2O2/c1-4-22(15-17-8-6-5-7-9-17)20(23)12-13-21-18-14-16(2)10-11-19(18)24-3/h5-11,14,21H,4,12-13,15H2,1-3H3. The second kappa shape index (κ2) is 8.96. The highest BCUT2D eigenvalue weighted by molar-refractivity contribution is 5.76. The van der Waals surface area contributed by atoms with Crippen molar-refractivity contribution in [1.29, 1.82) is 0 Å². The molecule has 0 spiro atoms. The van der Waals surface area contributed by atoms with Crippen LogP contribution in [0.4, 0.5) is 5.69 Å². The maximum atomic E-state index is 12.4. The monoisotopic (exact) mass is 326 g/mol. The number of benzene rings is 2. The first-order valence-corrected chi connectivity index (χ1v) is 8.34. The van der Waals surface area contributed by atoms with Gasteiger partial charge in [-0.2, -0.15) is 0 Å². The summed E-state index contributed by atoms with van der Waals surface area (Å²) in [5.74, 6) is 0.949. The summed E-state index contributed by atoms with van der Waals surface area (Å²) in [6, 6.07) is 16.1. The van der Waals surface area contributed by atoms with E-state index in [4.69, 9.17) is 4.74 Å². The summed E-state index contributed by atoms with van der Waals surface area (Å²) >= 11 is 0. The van der Waals surface area contributed by atoms with Crippen LogP contribution >= 0.6 is 0 Å². The summed E-state index contributed by atoms with van der Waals surface area (Å²) in [4.78, 5) is 14.3. The van der Waals surface area contributed by atoms with Crippen molar-refractivity contribution in [2.24, 2.45) is 0 Å².